The summed E-state index contributed by atoms with van der Waals surface area (Å²) >= 11 is 7.14. The number of primary sulfonamides is 1. The lowest BCUT2D eigenvalue weighted by Gasteiger charge is -2.13. The van der Waals surface area contributed by atoms with Gasteiger partial charge in [-0.3, -0.25) is 4.79 Å². The fourth-order valence-corrected chi connectivity index (χ4v) is 4.34. The molecule has 3 aromatic rings. The molecule has 7 nitrogen and oxygen atoms in total. The summed E-state index contributed by atoms with van der Waals surface area (Å²) in [6.07, 6.45) is -1.17. The maximum absolute atomic E-state index is 13.3. The summed E-state index contributed by atoms with van der Waals surface area (Å²) in [6, 6.07) is 9.11. The van der Waals surface area contributed by atoms with Crippen LogP contribution in [-0.2, 0) is 19.6 Å². The molecule has 1 atom stereocenters. The molecular weight excluding hydrogens is 443 g/mol. The first-order chi connectivity index (χ1) is 13.6. The van der Waals surface area contributed by atoms with Crippen molar-refractivity contribution in [2.45, 2.75) is 17.9 Å². The van der Waals surface area contributed by atoms with E-state index in [1.165, 1.54) is 49.4 Å². The first-order valence-electron chi connectivity index (χ1n) is 8.08. The molecule has 0 spiro atoms. The van der Waals surface area contributed by atoms with E-state index in [9.17, 15) is 22.4 Å². The zero-order valence-electron chi connectivity index (χ0n) is 14.8. The van der Waals surface area contributed by atoms with Crippen LogP contribution in [0.3, 0.4) is 0 Å². The summed E-state index contributed by atoms with van der Waals surface area (Å²) in [5.41, 5.74) is 0.292. The number of hydrogen-bond donors (Lipinski definition) is 2. The van der Waals surface area contributed by atoms with Gasteiger partial charge in [0.25, 0.3) is 5.91 Å². The lowest BCUT2D eigenvalue weighted by molar-refractivity contribution is -0.123. The Morgan fingerprint density at radius 3 is 2.48 bits per heavy atom. The molecule has 1 aromatic heterocycles. The van der Waals surface area contributed by atoms with Gasteiger partial charge in [-0.1, -0.05) is 11.6 Å². The molecule has 0 aliphatic heterocycles. The summed E-state index contributed by atoms with van der Waals surface area (Å²) in [5.74, 6) is -1.91. The van der Waals surface area contributed by atoms with Gasteiger partial charge >= 0.3 is 5.97 Å². The van der Waals surface area contributed by atoms with Crippen LogP contribution in [0.5, 0.6) is 0 Å². The number of carbonyl (C=O) groups excluding carboxylic acids is 2. The molecule has 3 N–H and O–H groups in total. The Bertz CT molecular complexity index is 1210. The molecule has 0 fully saturated rings. The molecule has 152 valence electrons. The lowest BCUT2D eigenvalue weighted by Crippen LogP contribution is -2.29. The Morgan fingerprint density at radius 1 is 1.21 bits per heavy atom. The van der Waals surface area contributed by atoms with Crippen LogP contribution in [0.4, 0.5) is 10.1 Å². The Kier molecular flexibility index (Phi) is 5.90. The third-order valence-electron chi connectivity index (χ3n) is 3.88. The highest BCUT2D eigenvalue weighted by Gasteiger charge is 2.24. The summed E-state index contributed by atoms with van der Waals surface area (Å²) in [4.78, 5) is 24.6. The maximum Gasteiger partial charge on any atom is 0.350 e. The molecule has 3 rings (SSSR count). The number of anilines is 1. The molecule has 11 heteroatoms. The van der Waals surface area contributed by atoms with Crippen molar-refractivity contribution in [2.24, 2.45) is 5.14 Å². The molecular formula is C18H14ClFN2O5S2. The van der Waals surface area contributed by atoms with E-state index < -0.39 is 33.8 Å². The molecule has 29 heavy (non-hydrogen) atoms. The zero-order valence-corrected chi connectivity index (χ0v) is 17.2. The van der Waals surface area contributed by atoms with Crippen molar-refractivity contribution in [3.8, 4) is 0 Å². The number of hydrogen-bond acceptors (Lipinski definition) is 6. The lowest BCUT2D eigenvalue weighted by atomic mass is 10.2. The number of rotatable bonds is 5. The minimum absolute atomic E-state index is 0.0596. The number of sulfonamides is 1. The summed E-state index contributed by atoms with van der Waals surface area (Å²) in [6.45, 7) is 1.37. The van der Waals surface area contributed by atoms with Crippen molar-refractivity contribution in [1.82, 2.24) is 0 Å². The molecule has 0 aliphatic carbocycles. The second-order valence-electron chi connectivity index (χ2n) is 5.99. The van der Waals surface area contributed by atoms with Crippen LogP contribution in [0.15, 0.2) is 47.4 Å². The largest absolute Gasteiger partial charge is 0.448 e. The SMILES string of the molecule is C[C@@H](OC(=O)c1sc2cc(F)ccc2c1Cl)C(=O)Nc1ccc(S(N)(=O)=O)cc1. The van der Waals surface area contributed by atoms with E-state index in [1.54, 1.807) is 0 Å². The van der Waals surface area contributed by atoms with Crippen molar-refractivity contribution >= 4 is 60.6 Å². The first-order valence-corrected chi connectivity index (χ1v) is 10.8. The van der Waals surface area contributed by atoms with Gasteiger partial charge in [0, 0.05) is 15.8 Å². The van der Waals surface area contributed by atoms with Crippen molar-refractivity contribution in [3.05, 3.63) is 58.2 Å². The van der Waals surface area contributed by atoms with E-state index in [1.807, 2.05) is 0 Å². The summed E-state index contributed by atoms with van der Waals surface area (Å²) in [5, 5.41) is 8.14. The van der Waals surface area contributed by atoms with E-state index in [0.717, 1.165) is 11.3 Å². The number of amides is 1. The number of ether oxygens (including phenoxy) is 1. The van der Waals surface area contributed by atoms with Crippen LogP contribution in [0.1, 0.15) is 16.6 Å². The highest BCUT2D eigenvalue weighted by atomic mass is 35.5. The van der Waals surface area contributed by atoms with E-state index in [0.29, 0.717) is 15.8 Å². The van der Waals surface area contributed by atoms with Gasteiger partial charge in [0.2, 0.25) is 10.0 Å². The third kappa shape index (κ3) is 4.73. The highest BCUT2D eigenvalue weighted by molar-refractivity contribution is 7.89. The van der Waals surface area contributed by atoms with Gasteiger partial charge in [-0.15, -0.1) is 11.3 Å². The predicted molar refractivity (Wildman–Crippen MR) is 108 cm³/mol. The number of halogens is 2. The number of benzene rings is 2. The summed E-state index contributed by atoms with van der Waals surface area (Å²) < 4.78 is 41.5. The molecule has 0 saturated carbocycles. The van der Waals surface area contributed by atoms with Gasteiger partial charge in [-0.05, 0) is 49.4 Å². The monoisotopic (exact) mass is 456 g/mol. The molecule has 0 unspecified atom stereocenters. The minimum Gasteiger partial charge on any atom is -0.448 e. The van der Waals surface area contributed by atoms with Gasteiger partial charge in [-0.25, -0.2) is 22.7 Å². The third-order valence-corrected chi connectivity index (χ3v) is 6.45. The average molecular weight is 457 g/mol. The fourth-order valence-electron chi connectivity index (χ4n) is 2.41. The number of thiophene rings is 1. The number of carbonyl (C=O) groups is 2. The standard InChI is InChI=1S/C18H14ClFN2O5S2/c1-9(17(23)22-11-3-5-12(6-4-11)29(21,25)26)27-18(24)16-15(19)13-7-2-10(20)8-14(13)28-16/h2-9H,1H3,(H,22,23)(H2,21,25,26)/t9-/m1/s1. The predicted octanol–water partition coefficient (Wildman–Crippen LogP) is 3.53. The van der Waals surface area contributed by atoms with Crippen molar-refractivity contribution < 1.29 is 27.1 Å². The fraction of sp³-hybridized carbons (Fsp3) is 0.111. The molecule has 0 aliphatic rings. The van der Waals surface area contributed by atoms with Crippen LogP contribution in [0.25, 0.3) is 10.1 Å². The quantitative estimate of drug-likeness (QED) is 0.570. The van der Waals surface area contributed by atoms with Crippen LogP contribution in [-0.4, -0.2) is 26.4 Å². The topological polar surface area (TPSA) is 116 Å². The summed E-state index contributed by atoms with van der Waals surface area (Å²) in [7, 11) is -3.85. The van der Waals surface area contributed by atoms with Crippen molar-refractivity contribution in [1.29, 1.82) is 0 Å². The Balaban J connectivity index is 1.69. The second kappa shape index (κ2) is 8.07. The number of esters is 1. The van der Waals surface area contributed by atoms with Gasteiger partial charge in [0.1, 0.15) is 10.7 Å². The Morgan fingerprint density at radius 2 is 1.86 bits per heavy atom. The maximum atomic E-state index is 13.3. The molecule has 1 heterocycles. The minimum atomic E-state index is -3.85. The number of nitrogens with two attached hydrogens (primary N) is 1. The molecule has 0 radical (unpaired) electrons. The molecule has 0 bridgehead atoms. The van der Waals surface area contributed by atoms with Gasteiger partial charge in [0.05, 0.1) is 9.92 Å². The molecule has 0 saturated heterocycles. The first kappa shape index (κ1) is 21.2. The van der Waals surface area contributed by atoms with Gasteiger partial charge < -0.3 is 10.1 Å². The highest BCUT2D eigenvalue weighted by Crippen LogP contribution is 2.36. The number of fused-ring (bicyclic) bond motifs is 1. The van der Waals surface area contributed by atoms with Crippen LogP contribution in [0.2, 0.25) is 5.02 Å². The number of nitrogens with one attached hydrogen (secondary N) is 1. The van der Waals surface area contributed by atoms with E-state index in [2.05, 4.69) is 5.32 Å². The normalized spacial score (nSPS) is 12.6. The van der Waals surface area contributed by atoms with Crippen LogP contribution in [0, 0.1) is 5.82 Å². The molecule has 2 aromatic carbocycles. The van der Waals surface area contributed by atoms with Crippen molar-refractivity contribution in [3.63, 3.8) is 0 Å². The van der Waals surface area contributed by atoms with Crippen LogP contribution >= 0.6 is 22.9 Å². The Hall–Kier alpha value is -2.53. The van der Waals surface area contributed by atoms with E-state index >= 15 is 0 Å². The van der Waals surface area contributed by atoms with E-state index in [4.69, 9.17) is 21.5 Å². The second-order valence-corrected chi connectivity index (χ2v) is 8.98. The van der Waals surface area contributed by atoms with E-state index in [-0.39, 0.29) is 14.8 Å². The average Bonchev–Trinajstić information content (AvgIpc) is 2.97. The van der Waals surface area contributed by atoms with Crippen molar-refractivity contribution in [2.75, 3.05) is 5.32 Å². The van der Waals surface area contributed by atoms with Gasteiger partial charge in [0.15, 0.2) is 6.10 Å². The van der Waals surface area contributed by atoms with Gasteiger partial charge in [-0.2, -0.15) is 0 Å². The zero-order chi connectivity index (χ0) is 21.3. The van der Waals surface area contributed by atoms with Crippen LogP contribution < -0.4 is 10.5 Å². The molecule has 1 amide bonds. The Labute approximate surface area is 174 Å². The smallest absolute Gasteiger partial charge is 0.350 e.